The Morgan fingerprint density at radius 2 is 1.82 bits per heavy atom. The van der Waals surface area contributed by atoms with E-state index in [-0.39, 0.29) is 6.54 Å². The molecular weight excluding hydrogens is 360 g/mol. The van der Waals surface area contributed by atoms with Crippen LogP contribution in [-0.2, 0) is 10.3 Å². The molecule has 0 fully saturated rings. The molecular formula is C20H36N4O4. The van der Waals surface area contributed by atoms with E-state index in [1.165, 1.54) is 0 Å². The van der Waals surface area contributed by atoms with Crippen molar-refractivity contribution in [2.45, 2.75) is 66.1 Å². The normalized spacial score (nSPS) is 14.4. The number of furan rings is 1. The fraction of sp³-hybridized carbons (Fsp3) is 0.700. The van der Waals surface area contributed by atoms with Crippen LogP contribution in [0.15, 0.2) is 15.5 Å². The first kappa shape index (κ1) is 23.8. The van der Waals surface area contributed by atoms with Gasteiger partial charge in [0.05, 0.1) is 6.54 Å². The smallest absolute Gasteiger partial charge is 0.407 e. The summed E-state index contributed by atoms with van der Waals surface area (Å²) >= 11 is 0. The van der Waals surface area contributed by atoms with Gasteiger partial charge in [0, 0.05) is 25.2 Å². The molecule has 1 unspecified atom stereocenters. The molecule has 1 amide bonds. The van der Waals surface area contributed by atoms with Crippen molar-refractivity contribution in [3.8, 4) is 0 Å². The van der Waals surface area contributed by atoms with Crippen LogP contribution in [0.3, 0.4) is 0 Å². The van der Waals surface area contributed by atoms with Gasteiger partial charge < -0.3 is 30.2 Å². The SMILES string of the molecule is CCNC(=NCC(C)(O)c1cc(C)oc1C)NCCCNC(=O)OC(C)(C)C. The van der Waals surface area contributed by atoms with E-state index in [1.807, 2.05) is 47.6 Å². The van der Waals surface area contributed by atoms with Crippen molar-refractivity contribution in [1.29, 1.82) is 0 Å². The lowest BCUT2D eigenvalue weighted by Crippen LogP contribution is -2.40. The van der Waals surface area contributed by atoms with Crippen molar-refractivity contribution >= 4 is 12.1 Å². The summed E-state index contributed by atoms with van der Waals surface area (Å²) in [6, 6.07) is 1.84. The first-order valence-corrected chi connectivity index (χ1v) is 9.73. The van der Waals surface area contributed by atoms with Crippen molar-refractivity contribution in [3.63, 3.8) is 0 Å². The van der Waals surface area contributed by atoms with Gasteiger partial charge in [0.25, 0.3) is 0 Å². The Kier molecular flexibility index (Phi) is 8.81. The maximum absolute atomic E-state index is 11.6. The van der Waals surface area contributed by atoms with Gasteiger partial charge in [0.2, 0.25) is 0 Å². The summed E-state index contributed by atoms with van der Waals surface area (Å²) in [5.74, 6) is 2.07. The minimum atomic E-state index is -1.12. The van der Waals surface area contributed by atoms with Crippen LogP contribution in [0, 0.1) is 13.8 Å². The van der Waals surface area contributed by atoms with E-state index in [0.29, 0.717) is 37.8 Å². The number of nitrogens with one attached hydrogen (secondary N) is 3. The topological polar surface area (TPSA) is 108 Å². The van der Waals surface area contributed by atoms with Gasteiger partial charge >= 0.3 is 6.09 Å². The second kappa shape index (κ2) is 10.4. The lowest BCUT2D eigenvalue weighted by atomic mass is 9.96. The molecule has 0 aliphatic heterocycles. The predicted molar refractivity (Wildman–Crippen MR) is 111 cm³/mol. The first-order valence-electron chi connectivity index (χ1n) is 9.73. The molecule has 8 heteroatoms. The molecule has 4 N–H and O–H groups in total. The van der Waals surface area contributed by atoms with Gasteiger partial charge in [-0.2, -0.15) is 0 Å². The Labute approximate surface area is 168 Å². The quantitative estimate of drug-likeness (QED) is 0.306. The van der Waals surface area contributed by atoms with E-state index in [2.05, 4.69) is 20.9 Å². The van der Waals surface area contributed by atoms with E-state index in [4.69, 9.17) is 9.15 Å². The summed E-state index contributed by atoms with van der Waals surface area (Å²) in [4.78, 5) is 16.1. The fourth-order valence-electron chi connectivity index (χ4n) is 2.63. The second-order valence-electron chi connectivity index (χ2n) is 8.00. The molecule has 0 spiro atoms. The minimum absolute atomic E-state index is 0.193. The summed E-state index contributed by atoms with van der Waals surface area (Å²) in [5.41, 5.74) is -0.885. The Hall–Kier alpha value is -2.22. The molecule has 28 heavy (non-hydrogen) atoms. The van der Waals surface area contributed by atoms with Gasteiger partial charge in [-0.25, -0.2) is 9.79 Å². The fourth-order valence-corrected chi connectivity index (χ4v) is 2.63. The third kappa shape index (κ3) is 8.65. The molecule has 8 nitrogen and oxygen atoms in total. The highest BCUT2D eigenvalue weighted by atomic mass is 16.6. The number of nitrogens with zero attached hydrogens (tertiary/aromatic N) is 1. The van der Waals surface area contributed by atoms with Crippen LogP contribution in [0.25, 0.3) is 0 Å². The van der Waals surface area contributed by atoms with Gasteiger partial charge in [0.15, 0.2) is 5.96 Å². The highest BCUT2D eigenvalue weighted by Crippen LogP contribution is 2.27. The Bertz CT molecular complexity index is 660. The van der Waals surface area contributed by atoms with Gasteiger partial charge in [-0.15, -0.1) is 0 Å². The molecule has 0 radical (unpaired) electrons. The number of hydrogen-bond acceptors (Lipinski definition) is 5. The maximum atomic E-state index is 11.6. The van der Waals surface area contributed by atoms with E-state index >= 15 is 0 Å². The number of hydrogen-bond donors (Lipinski definition) is 4. The monoisotopic (exact) mass is 396 g/mol. The zero-order valence-electron chi connectivity index (χ0n) is 18.2. The number of aliphatic hydroxyl groups is 1. The van der Waals surface area contributed by atoms with Crippen LogP contribution < -0.4 is 16.0 Å². The third-order valence-electron chi connectivity index (χ3n) is 3.82. The average molecular weight is 397 g/mol. The number of carbonyl (C=O) groups is 1. The van der Waals surface area contributed by atoms with E-state index in [1.54, 1.807) is 6.92 Å². The summed E-state index contributed by atoms with van der Waals surface area (Å²) in [6.07, 6.45) is 0.287. The Morgan fingerprint density at radius 3 is 2.36 bits per heavy atom. The predicted octanol–water partition coefficient (Wildman–Crippen LogP) is 2.57. The highest BCUT2D eigenvalue weighted by Gasteiger charge is 2.27. The molecule has 160 valence electrons. The summed E-state index contributed by atoms with van der Waals surface area (Å²) in [5, 5.41) is 19.8. The van der Waals surface area contributed by atoms with Gasteiger partial charge in [-0.05, 0) is 61.0 Å². The number of carbonyl (C=O) groups excluding carboxylic acids is 1. The van der Waals surface area contributed by atoms with Gasteiger partial charge in [-0.1, -0.05) is 0 Å². The molecule has 1 heterocycles. The highest BCUT2D eigenvalue weighted by molar-refractivity contribution is 5.79. The van der Waals surface area contributed by atoms with Crippen LogP contribution >= 0.6 is 0 Å². The molecule has 0 saturated heterocycles. The first-order chi connectivity index (χ1) is 12.9. The van der Waals surface area contributed by atoms with Crippen LogP contribution in [0.1, 0.15) is 58.1 Å². The summed E-state index contributed by atoms with van der Waals surface area (Å²) in [6.45, 7) is 14.9. The Morgan fingerprint density at radius 1 is 1.18 bits per heavy atom. The number of amides is 1. The van der Waals surface area contributed by atoms with E-state index < -0.39 is 17.3 Å². The minimum Gasteiger partial charge on any atom is -0.466 e. The molecule has 1 aromatic heterocycles. The number of aliphatic imine (C=N–C) groups is 1. The molecule has 1 aromatic rings. The van der Waals surface area contributed by atoms with Crippen molar-refractivity contribution in [3.05, 3.63) is 23.2 Å². The Balaban J connectivity index is 2.49. The van der Waals surface area contributed by atoms with Crippen LogP contribution in [0.2, 0.25) is 0 Å². The van der Waals surface area contributed by atoms with E-state index in [0.717, 1.165) is 11.3 Å². The number of ether oxygens (including phenoxy) is 1. The van der Waals surface area contributed by atoms with E-state index in [9.17, 15) is 9.90 Å². The van der Waals surface area contributed by atoms with Crippen LogP contribution in [0.4, 0.5) is 4.79 Å². The zero-order valence-corrected chi connectivity index (χ0v) is 18.2. The van der Waals surface area contributed by atoms with Crippen LogP contribution in [0.5, 0.6) is 0 Å². The number of aryl methyl sites for hydroxylation is 2. The van der Waals surface area contributed by atoms with Gasteiger partial charge in [0.1, 0.15) is 22.7 Å². The van der Waals surface area contributed by atoms with Crippen molar-refractivity contribution < 1.29 is 19.1 Å². The molecule has 0 bridgehead atoms. The standard InChI is InChI=1S/C20H36N4O4/c1-8-21-17(22-10-9-11-23-18(25)28-19(4,5)6)24-13-20(7,26)16-12-14(2)27-15(16)3/h12,26H,8-11,13H2,1-7H3,(H,23,25)(H2,21,22,24). The summed E-state index contributed by atoms with van der Waals surface area (Å²) in [7, 11) is 0. The zero-order chi connectivity index (χ0) is 21.4. The second-order valence-corrected chi connectivity index (χ2v) is 8.00. The molecule has 0 saturated carbocycles. The molecule has 1 rings (SSSR count). The lowest BCUT2D eigenvalue weighted by molar-refractivity contribution is 0.0527. The molecule has 0 aliphatic rings. The third-order valence-corrected chi connectivity index (χ3v) is 3.82. The molecule has 0 aromatic carbocycles. The molecule has 0 aliphatic carbocycles. The van der Waals surface area contributed by atoms with Crippen molar-refractivity contribution in [1.82, 2.24) is 16.0 Å². The van der Waals surface area contributed by atoms with Crippen molar-refractivity contribution in [2.75, 3.05) is 26.2 Å². The number of rotatable bonds is 8. The number of alkyl carbamates (subject to hydrolysis) is 1. The van der Waals surface area contributed by atoms with Crippen LogP contribution in [-0.4, -0.2) is 48.9 Å². The number of guanidine groups is 1. The average Bonchev–Trinajstić information content (AvgIpc) is 2.90. The largest absolute Gasteiger partial charge is 0.466 e. The lowest BCUT2D eigenvalue weighted by Gasteiger charge is -2.22. The summed E-state index contributed by atoms with van der Waals surface area (Å²) < 4.78 is 10.7. The van der Waals surface area contributed by atoms with Gasteiger partial charge in [-0.3, -0.25) is 0 Å². The van der Waals surface area contributed by atoms with Crippen molar-refractivity contribution in [2.24, 2.45) is 4.99 Å². The maximum Gasteiger partial charge on any atom is 0.407 e. The molecule has 1 atom stereocenters.